The Balaban J connectivity index is 3.57. The van der Waals surface area contributed by atoms with Crippen molar-refractivity contribution in [2.24, 2.45) is 0 Å². The molecule has 0 aromatic rings. The molecule has 1 amide bonds. The molecule has 4 unspecified atom stereocenters. The molecule has 6 nitrogen and oxygen atoms in total. The zero-order valence-corrected chi connectivity index (χ0v) is 50.1. The topological polar surface area (TPSA) is 110 Å². The van der Waals surface area contributed by atoms with Crippen LogP contribution in [-0.2, 0) is 4.79 Å². The number of hydrogen-bond donors (Lipinski definition) is 5. The van der Waals surface area contributed by atoms with Gasteiger partial charge in [0.1, 0.15) is 12.2 Å². The number of nitrogens with one attached hydrogen (secondary N) is 1. The summed E-state index contributed by atoms with van der Waals surface area (Å²) in [6.45, 7) is 4.10. The number of aliphatic hydroxyl groups is 4. The van der Waals surface area contributed by atoms with Crippen LogP contribution in [0.5, 0.6) is 0 Å². The van der Waals surface area contributed by atoms with Gasteiger partial charge in [-0.3, -0.25) is 4.79 Å². The summed E-state index contributed by atoms with van der Waals surface area (Å²) in [6, 6.07) is -1.00. The van der Waals surface area contributed by atoms with Crippen molar-refractivity contribution < 1.29 is 25.2 Å². The second-order valence-corrected chi connectivity index (χ2v) is 23.5. The molecule has 0 saturated carbocycles. The average molecular weight is 1040 g/mol. The van der Waals surface area contributed by atoms with Crippen LogP contribution >= 0.6 is 0 Å². The van der Waals surface area contributed by atoms with Crippen molar-refractivity contribution in [3.8, 4) is 0 Å². The van der Waals surface area contributed by atoms with Gasteiger partial charge >= 0.3 is 0 Å². The lowest BCUT2D eigenvalue weighted by Crippen LogP contribution is -2.53. The lowest BCUT2D eigenvalue weighted by molar-refractivity contribution is -0.132. The predicted molar refractivity (Wildman–Crippen MR) is 325 cm³/mol. The van der Waals surface area contributed by atoms with Crippen LogP contribution in [0.2, 0.25) is 0 Å². The molecular weight excluding hydrogens is 911 g/mol. The van der Waals surface area contributed by atoms with Gasteiger partial charge in [-0.15, -0.1) is 0 Å². The number of amides is 1. The number of hydrogen-bond acceptors (Lipinski definition) is 5. The molecule has 0 radical (unpaired) electrons. The first-order valence-corrected chi connectivity index (χ1v) is 33.7. The van der Waals surface area contributed by atoms with E-state index >= 15 is 0 Å². The minimum absolute atomic E-state index is 0.367. The van der Waals surface area contributed by atoms with Crippen LogP contribution in [0, 0.1) is 0 Å². The maximum Gasteiger partial charge on any atom is 0.249 e. The van der Waals surface area contributed by atoms with Crippen molar-refractivity contribution in [2.45, 2.75) is 398 Å². The molecule has 0 aliphatic heterocycles. The van der Waals surface area contributed by atoms with E-state index in [-0.39, 0.29) is 0 Å². The van der Waals surface area contributed by atoms with E-state index in [4.69, 9.17) is 0 Å². The average Bonchev–Trinajstić information content (AvgIpc) is 3.41. The zero-order chi connectivity index (χ0) is 53.7. The largest absolute Gasteiger partial charge is 0.394 e. The number of carbonyl (C=O) groups is 1. The monoisotopic (exact) mass is 1040 g/mol. The first-order chi connectivity index (χ1) is 36.5. The summed E-state index contributed by atoms with van der Waals surface area (Å²) in [5, 5.41) is 44.2. The third kappa shape index (κ3) is 55.5. The van der Waals surface area contributed by atoms with Crippen LogP contribution in [0.25, 0.3) is 0 Å². The fourth-order valence-electron chi connectivity index (χ4n) is 10.9. The summed E-state index contributed by atoms with van der Waals surface area (Å²) in [7, 11) is 0. The van der Waals surface area contributed by atoms with E-state index in [1.54, 1.807) is 0 Å². The molecule has 0 aliphatic carbocycles. The second kappa shape index (κ2) is 62.6. The van der Waals surface area contributed by atoms with Gasteiger partial charge in [0.25, 0.3) is 0 Å². The van der Waals surface area contributed by atoms with Gasteiger partial charge in [0.05, 0.1) is 18.8 Å². The van der Waals surface area contributed by atoms with Crippen molar-refractivity contribution in [3.63, 3.8) is 0 Å². The Morgan fingerprint density at radius 3 is 0.811 bits per heavy atom. The van der Waals surface area contributed by atoms with Crippen LogP contribution in [0.15, 0.2) is 24.3 Å². The van der Waals surface area contributed by atoms with Crippen LogP contribution in [-0.4, -0.2) is 57.3 Å². The van der Waals surface area contributed by atoms with E-state index in [9.17, 15) is 25.2 Å². The minimum atomic E-state index is -1.28. The first kappa shape index (κ1) is 72.8. The summed E-state index contributed by atoms with van der Waals surface area (Å²) in [5.74, 6) is -0.586. The number of carbonyl (C=O) groups excluding carboxylic acids is 1. The van der Waals surface area contributed by atoms with E-state index in [1.807, 2.05) is 0 Å². The molecule has 6 heteroatoms. The maximum atomic E-state index is 12.6. The number of aliphatic hydroxyl groups excluding tert-OH is 4. The fourth-order valence-corrected chi connectivity index (χ4v) is 10.9. The summed E-state index contributed by atoms with van der Waals surface area (Å²) in [5.41, 5.74) is 0. The summed E-state index contributed by atoms with van der Waals surface area (Å²) < 4.78 is 0. The Kier molecular flexibility index (Phi) is 61.6. The molecule has 0 aromatic carbocycles. The Morgan fingerprint density at radius 1 is 0.324 bits per heavy atom. The summed E-state index contributed by atoms with van der Waals surface area (Å²) in [4.78, 5) is 12.6. The molecule has 0 rings (SSSR count). The van der Waals surface area contributed by atoms with Crippen molar-refractivity contribution in [2.75, 3.05) is 6.61 Å². The molecule has 74 heavy (non-hydrogen) atoms. The second-order valence-electron chi connectivity index (χ2n) is 23.5. The van der Waals surface area contributed by atoms with Gasteiger partial charge in [0.2, 0.25) is 5.91 Å². The van der Waals surface area contributed by atoms with Gasteiger partial charge in [-0.25, -0.2) is 0 Å². The normalized spacial score (nSPS) is 13.6. The van der Waals surface area contributed by atoms with Crippen molar-refractivity contribution in [1.82, 2.24) is 5.32 Å². The van der Waals surface area contributed by atoms with E-state index < -0.39 is 36.9 Å². The molecular formula is C68H133NO5. The van der Waals surface area contributed by atoms with Gasteiger partial charge in [0, 0.05) is 0 Å². The Bertz CT molecular complexity index is 1130. The van der Waals surface area contributed by atoms with Crippen LogP contribution in [0.4, 0.5) is 0 Å². The van der Waals surface area contributed by atoms with Gasteiger partial charge in [-0.2, -0.15) is 0 Å². The Labute approximate surface area is 463 Å². The van der Waals surface area contributed by atoms with E-state index in [0.29, 0.717) is 12.8 Å². The minimum Gasteiger partial charge on any atom is -0.394 e. The van der Waals surface area contributed by atoms with Crippen LogP contribution in [0.3, 0.4) is 0 Å². The molecule has 0 fully saturated rings. The van der Waals surface area contributed by atoms with Crippen molar-refractivity contribution in [1.29, 1.82) is 0 Å². The Hall–Kier alpha value is -1.21. The summed E-state index contributed by atoms with van der Waals surface area (Å²) in [6.07, 6.45) is 78.7. The third-order valence-corrected chi connectivity index (χ3v) is 16.1. The predicted octanol–water partition coefficient (Wildman–Crippen LogP) is 20.5. The highest BCUT2D eigenvalue weighted by molar-refractivity contribution is 5.80. The molecule has 4 atom stereocenters. The Morgan fingerprint density at radius 2 is 0.554 bits per heavy atom. The number of unbranched alkanes of at least 4 members (excludes halogenated alkanes) is 50. The fraction of sp³-hybridized carbons (Fsp3) is 0.926. The molecule has 5 N–H and O–H groups in total. The lowest BCUT2D eigenvalue weighted by atomic mass is 10.00. The quantitative estimate of drug-likeness (QED) is 0.0308. The van der Waals surface area contributed by atoms with E-state index in [2.05, 4.69) is 43.5 Å². The molecule has 0 saturated heterocycles. The highest BCUT2D eigenvalue weighted by Crippen LogP contribution is 2.19. The number of allylic oxidation sites excluding steroid dienone is 4. The van der Waals surface area contributed by atoms with E-state index in [0.717, 1.165) is 38.5 Å². The van der Waals surface area contributed by atoms with E-state index in [1.165, 1.54) is 308 Å². The number of rotatable bonds is 63. The maximum absolute atomic E-state index is 12.6. The molecule has 0 heterocycles. The summed E-state index contributed by atoms with van der Waals surface area (Å²) >= 11 is 0. The van der Waals surface area contributed by atoms with Gasteiger partial charge < -0.3 is 25.7 Å². The van der Waals surface area contributed by atoms with Gasteiger partial charge in [-0.1, -0.05) is 334 Å². The highest BCUT2D eigenvalue weighted by atomic mass is 16.3. The first-order valence-electron chi connectivity index (χ1n) is 33.7. The van der Waals surface area contributed by atoms with Crippen LogP contribution in [0.1, 0.15) is 373 Å². The van der Waals surface area contributed by atoms with Gasteiger partial charge in [0.15, 0.2) is 0 Å². The molecule has 0 aliphatic rings. The van der Waals surface area contributed by atoms with Crippen LogP contribution < -0.4 is 5.32 Å². The molecule has 440 valence electrons. The SMILES string of the molecule is CCCCCCCCCCCCCC/C=C\CCCCCCCCCCCCCCCCCCC(O)C(=O)NC(CO)C(O)C(O)CCC/C=C/CCCCCCCCCCCCCCCCCCCCCCC. The molecule has 0 aromatic heterocycles. The lowest BCUT2D eigenvalue weighted by Gasteiger charge is -2.27. The standard InChI is InChI=1S/C68H133NO5/c1-3-5-7-9-11-13-15-17-19-21-23-25-27-29-31-32-33-34-35-36-38-40-42-44-46-48-50-52-54-56-58-60-62-66(72)68(74)69-64(63-70)67(73)65(71)61-59-57-55-53-51-49-47-45-43-41-39-37-30-28-26-24-22-20-18-16-14-12-10-8-6-4-2/h29,31,53,55,64-67,70-73H,3-28,30,32-52,54,56-63H2,1-2H3,(H,69,74)/b31-29-,55-53+. The highest BCUT2D eigenvalue weighted by Gasteiger charge is 2.28. The van der Waals surface area contributed by atoms with Gasteiger partial charge in [-0.05, 0) is 64.2 Å². The van der Waals surface area contributed by atoms with Crippen molar-refractivity contribution >= 4 is 5.91 Å². The third-order valence-electron chi connectivity index (χ3n) is 16.1. The smallest absolute Gasteiger partial charge is 0.249 e. The molecule has 0 spiro atoms. The van der Waals surface area contributed by atoms with Crippen molar-refractivity contribution in [3.05, 3.63) is 24.3 Å². The molecule has 0 bridgehead atoms. The zero-order valence-electron chi connectivity index (χ0n) is 50.1.